The molecule has 0 amide bonds. The first-order valence-electron chi connectivity index (χ1n) is 10.9. The maximum absolute atomic E-state index is 15.5. The van der Waals surface area contributed by atoms with Gasteiger partial charge in [0, 0.05) is 34.1 Å². The van der Waals surface area contributed by atoms with Gasteiger partial charge in [-0.25, -0.2) is 4.39 Å². The average Bonchev–Trinajstić information content (AvgIpc) is 3.16. The number of nitrogens with zero attached hydrogens (tertiary/aromatic N) is 1. The van der Waals surface area contributed by atoms with Crippen molar-refractivity contribution in [1.29, 1.82) is 0 Å². The van der Waals surface area contributed by atoms with Gasteiger partial charge in [0.15, 0.2) is 0 Å². The summed E-state index contributed by atoms with van der Waals surface area (Å²) in [6.07, 6.45) is 4.19. The fourth-order valence-electron chi connectivity index (χ4n) is 6.98. The third-order valence-corrected chi connectivity index (χ3v) is 8.97. The number of anilines is 1. The van der Waals surface area contributed by atoms with E-state index in [2.05, 4.69) is 17.3 Å². The molecule has 2 N–H and O–H groups in total. The van der Waals surface area contributed by atoms with Crippen LogP contribution in [0.2, 0.25) is 10.0 Å². The van der Waals surface area contributed by atoms with E-state index >= 15 is 4.39 Å². The minimum absolute atomic E-state index is 0.0880. The zero-order chi connectivity index (χ0) is 22.0. The molecular weight excluding hydrogens is 458 g/mol. The number of hydrogen-bond donors (Lipinski definition) is 2. The van der Waals surface area contributed by atoms with E-state index in [-0.39, 0.29) is 22.5 Å². The summed E-state index contributed by atoms with van der Waals surface area (Å²) in [7, 11) is 2.09. The van der Waals surface area contributed by atoms with Gasteiger partial charge in [0.05, 0.1) is 10.4 Å². The predicted molar refractivity (Wildman–Crippen MR) is 125 cm³/mol. The quantitative estimate of drug-likeness (QED) is 0.503. The molecule has 4 atom stereocenters. The Morgan fingerprint density at radius 1 is 1.16 bits per heavy atom. The average molecular weight is 484 g/mol. The normalized spacial score (nSPS) is 31.9. The lowest BCUT2D eigenvalue weighted by molar-refractivity contribution is -0.00996. The number of benzene rings is 2. The van der Waals surface area contributed by atoms with Crippen LogP contribution in [0.15, 0.2) is 36.4 Å². The summed E-state index contributed by atoms with van der Waals surface area (Å²) < 4.78 is 15.5. The Morgan fingerprint density at radius 2 is 1.90 bits per heavy atom. The van der Waals surface area contributed by atoms with Crippen LogP contribution in [0.4, 0.5) is 10.1 Å². The van der Waals surface area contributed by atoms with Crippen molar-refractivity contribution in [1.82, 2.24) is 4.90 Å². The minimum Gasteiger partial charge on any atom is -0.373 e. The molecular formula is C24H26Cl3FN2O. The Kier molecular flexibility index (Phi) is 5.46. The molecule has 2 aromatic rings. The van der Waals surface area contributed by atoms with Gasteiger partial charge < -0.3 is 10.4 Å². The highest BCUT2D eigenvalue weighted by Gasteiger charge is 2.72. The van der Waals surface area contributed by atoms with Crippen LogP contribution in [0.5, 0.6) is 0 Å². The number of hydrogen-bond acceptors (Lipinski definition) is 3. The van der Waals surface area contributed by atoms with E-state index in [0.717, 1.165) is 43.4 Å². The first-order chi connectivity index (χ1) is 14.9. The Hall–Kier alpha value is -1.04. The number of nitrogens with one attached hydrogen (secondary N) is 1. The van der Waals surface area contributed by atoms with E-state index in [9.17, 15) is 5.11 Å². The molecule has 2 heterocycles. The minimum atomic E-state index is -0.905. The smallest absolute Gasteiger partial charge is 0.145 e. The van der Waals surface area contributed by atoms with Gasteiger partial charge in [0.25, 0.3) is 0 Å². The maximum atomic E-state index is 15.5. The van der Waals surface area contributed by atoms with E-state index in [4.69, 9.17) is 34.8 Å². The third kappa shape index (κ3) is 2.78. The second-order valence-corrected chi connectivity index (χ2v) is 10.3. The molecule has 3 unspecified atom stereocenters. The van der Waals surface area contributed by atoms with Crippen molar-refractivity contribution < 1.29 is 9.50 Å². The lowest BCUT2D eigenvalue weighted by Gasteiger charge is -2.52. The molecule has 1 saturated carbocycles. The van der Waals surface area contributed by atoms with Crippen LogP contribution in [0.25, 0.3) is 0 Å². The standard InChI is InChI=1S/C24H26Cl3FN2O/c1-30-19(13-25)20(15-6-5-7-17(27)21(15)28)24(23(30)10-3-2-4-11-23)16-9-8-14(26)12-18(16)29-22(24)31/h5-9,12,19-20,22,29,31H,2-4,10-11,13H2,1H3/t19?,20?,22-,24?/m1/s1. The van der Waals surface area contributed by atoms with Crippen LogP contribution in [0, 0.1) is 5.82 Å². The number of likely N-dealkylation sites (N-methyl/N-ethyl adjacent to an activating group) is 1. The first kappa shape index (κ1) is 21.8. The van der Waals surface area contributed by atoms with Gasteiger partial charge in [-0.15, -0.1) is 11.6 Å². The maximum Gasteiger partial charge on any atom is 0.145 e. The fourth-order valence-corrected chi connectivity index (χ4v) is 7.72. The van der Waals surface area contributed by atoms with Gasteiger partial charge in [-0.1, -0.05) is 60.7 Å². The van der Waals surface area contributed by atoms with Gasteiger partial charge in [-0.2, -0.15) is 0 Å². The summed E-state index contributed by atoms with van der Waals surface area (Å²) in [4.78, 5) is 2.33. The SMILES string of the molecule is CN1C(CCl)C(c2cccc(Cl)c2F)C2(c3ccc(Cl)cc3N[C@@H]2O)C12CCCCC2. The zero-order valence-corrected chi connectivity index (χ0v) is 19.6. The Balaban J connectivity index is 1.85. The number of alkyl halides is 1. The van der Waals surface area contributed by atoms with Crippen molar-refractivity contribution in [3.8, 4) is 0 Å². The number of halogens is 4. The fraction of sp³-hybridized carbons (Fsp3) is 0.500. The molecule has 166 valence electrons. The molecule has 5 rings (SSSR count). The van der Waals surface area contributed by atoms with E-state index in [1.165, 1.54) is 0 Å². The topological polar surface area (TPSA) is 35.5 Å². The van der Waals surface area contributed by atoms with E-state index in [1.54, 1.807) is 18.2 Å². The van der Waals surface area contributed by atoms with Crippen molar-refractivity contribution in [3.05, 3.63) is 63.4 Å². The second-order valence-electron chi connectivity index (χ2n) is 9.15. The summed E-state index contributed by atoms with van der Waals surface area (Å²) in [5.41, 5.74) is 1.15. The number of rotatable bonds is 2. The summed E-state index contributed by atoms with van der Waals surface area (Å²) in [6.45, 7) is 0. The van der Waals surface area contributed by atoms with Crippen LogP contribution in [-0.2, 0) is 5.41 Å². The van der Waals surface area contributed by atoms with E-state index < -0.39 is 17.5 Å². The van der Waals surface area contributed by atoms with Crippen LogP contribution in [-0.4, -0.2) is 40.7 Å². The molecule has 2 fully saturated rings. The third-order valence-electron chi connectivity index (χ3n) is 8.12. The summed E-state index contributed by atoms with van der Waals surface area (Å²) in [5, 5.41) is 15.7. The lowest BCUT2D eigenvalue weighted by Crippen LogP contribution is -2.62. The summed E-state index contributed by atoms with van der Waals surface area (Å²) in [6, 6.07) is 10.7. The molecule has 2 aliphatic heterocycles. The molecule has 2 aromatic carbocycles. The van der Waals surface area contributed by atoms with Crippen LogP contribution < -0.4 is 5.32 Å². The van der Waals surface area contributed by atoms with Gasteiger partial charge in [0.1, 0.15) is 12.0 Å². The van der Waals surface area contributed by atoms with Crippen LogP contribution in [0.1, 0.15) is 49.1 Å². The molecule has 2 spiro atoms. The molecule has 7 heteroatoms. The zero-order valence-electron chi connectivity index (χ0n) is 17.3. The molecule has 1 saturated heterocycles. The van der Waals surface area contributed by atoms with Gasteiger partial charge in [-0.3, -0.25) is 4.90 Å². The number of aliphatic hydroxyl groups is 1. The second kappa shape index (κ2) is 7.78. The van der Waals surface area contributed by atoms with Crippen molar-refractivity contribution >= 4 is 40.5 Å². The predicted octanol–water partition coefficient (Wildman–Crippen LogP) is 6.15. The number of fused-ring (bicyclic) bond motifs is 3. The Labute approximate surface area is 197 Å². The molecule has 0 radical (unpaired) electrons. The van der Waals surface area contributed by atoms with Gasteiger partial charge in [-0.05, 0) is 49.2 Å². The molecule has 31 heavy (non-hydrogen) atoms. The van der Waals surface area contributed by atoms with Gasteiger partial charge in [0.2, 0.25) is 0 Å². The monoisotopic (exact) mass is 482 g/mol. The van der Waals surface area contributed by atoms with Crippen molar-refractivity contribution in [2.45, 2.75) is 61.2 Å². The molecule has 3 aliphatic rings. The summed E-state index contributed by atoms with van der Waals surface area (Å²) in [5.74, 6) is -0.483. The number of likely N-dealkylation sites (tertiary alicyclic amines) is 1. The van der Waals surface area contributed by atoms with Crippen molar-refractivity contribution in [3.63, 3.8) is 0 Å². The van der Waals surface area contributed by atoms with Crippen molar-refractivity contribution in [2.24, 2.45) is 0 Å². The highest BCUT2D eigenvalue weighted by Crippen LogP contribution is 2.67. The molecule has 0 aromatic heterocycles. The Bertz CT molecular complexity index is 1010. The van der Waals surface area contributed by atoms with Crippen molar-refractivity contribution in [2.75, 3.05) is 18.2 Å². The molecule has 1 aliphatic carbocycles. The van der Waals surface area contributed by atoms with Crippen LogP contribution >= 0.6 is 34.8 Å². The highest BCUT2D eigenvalue weighted by atomic mass is 35.5. The first-order valence-corrected chi connectivity index (χ1v) is 12.1. The molecule has 3 nitrogen and oxygen atoms in total. The Morgan fingerprint density at radius 3 is 2.61 bits per heavy atom. The van der Waals surface area contributed by atoms with E-state index in [1.807, 2.05) is 18.2 Å². The highest BCUT2D eigenvalue weighted by molar-refractivity contribution is 6.31. The van der Waals surface area contributed by atoms with Gasteiger partial charge >= 0.3 is 0 Å². The van der Waals surface area contributed by atoms with E-state index in [0.29, 0.717) is 16.5 Å². The van der Waals surface area contributed by atoms with Crippen LogP contribution in [0.3, 0.4) is 0 Å². The lowest BCUT2D eigenvalue weighted by atomic mass is 9.55. The summed E-state index contributed by atoms with van der Waals surface area (Å²) >= 11 is 19.1. The number of aliphatic hydroxyl groups excluding tert-OH is 1. The molecule has 0 bridgehead atoms. The largest absolute Gasteiger partial charge is 0.373 e.